The van der Waals surface area contributed by atoms with Gasteiger partial charge in [0.05, 0.1) is 24.6 Å². The minimum atomic E-state index is -0.813. The Hall–Kier alpha value is -2.87. The third kappa shape index (κ3) is 4.04. The standard InChI is InChI=1S/C23H30N4O4/c1-13-17(14(2)26-22(25-13)27-9-11-29-12-10-27)15-7-6-8-16-18(15)30-20(23(3,4)5)19(16)31-21(24)28/h6-8,19-20H,9-12H2,1-5H3,(H2,24,28)/t19-,20?/m0/s1. The Morgan fingerprint density at radius 2 is 1.81 bits per heavy atom. The SMILES string of the molecule is Cc1nc(N2CCOCC2)nc(C)c1-c1cccc2c1OC(C(C)(C)C)[C@H]2OC(N)=O. The maximum Gasteiger partial charge on any atom is 0.405 e. The van der Waals surface area contributed by atoms with Gasteiger partial charge in [-0.3, -0.25) is 0 Å². The first kappa shape index (κ1) is 21.4. The molecule has 1 unspecified atom stereocenters. The molecule has 2 atom stereocenters. The third-order valence-electron chi connectivity index (χ3n) is 5.79. The number of aromatic nitrogens is 2. The Labute approximate surface area is 182 Å². The van der Waals surface area contributed by atoms with Crippen molar-refractivity contribution < 1.29 is 19.0 Å². The second kappa shape index (κ2) is 8.00. The van der Waals surface area contributed by atoms with E-state index in [1.165, 1.54) is 0 Å². The highest BCUT2D eigenvalue weighted by Crippen LogP contribution is 2.50. The van der Waals surface area contributed by atoms with E-state index in [0.29, 0.717) is 19.0 Å². The second-order valence-corrected chi connectivity index (χ2v) is 9.15. The van der Waals surface area contributed by atoms with Gasteiger partial charge in [-0.2, -0.15) is 0 Å². The van der Waals surface area contributed by atoms with Crippen LogP contribution in [0.5, 0.6) is 5.75 Å². The van der Waals surface area contributed by atoms with Gasteiger partial charge in [0.15, 0.2) is 6.10 Å². The van der Waals surface area contributed by atoms with Crippen LogP contribution in [0.1, 0.15) is 43.8 Å². The number of anilines is 1. The van der Waals surface area contributed by atoms with Gasteiger partial charge in [0.25, 0.3) is 0 Å². The van der Waals surface area contributed by atoms with E-state index in [9.17, 15) is 4.79 Å². The maximum atomic E-state index is 11.6. The molecule has 1 aromatic heterocycles. The van der Waals surface area contributed by atoms with Gasteiger partial charge in [-0.25, -0.2) is 14.8 Å². The summed E-state index contributed by atoms with van der Waals surface area (Å²) < 4.78 is 17.3. The number of primary amides is 1. The smallest absolute Gasteiger partial charge is 0.405 e. The van der Waals surface area contributed by atoms with Crippen LogP contribution in [-0.2, 0) is 9.47 Å². The summed E-state index contributed by atoms with van der Waals surface area (Å²) in [7, 11) is 0. The van der Waals surface area contributed by atoms with E-state index < -0.39 is 12.2 Å². The van der Waals surface area contributed by atoms with Crippen LogP contribution in [0.2, 0.25) is 0 Å². The fourth-order valence-corrected chi connectivity index (χ4v) is 4.33. The first-order valence-electron chi connectivity index (χ1n) is 10.6. The highest BCUT2D eigenvalue weighted by Gasteiger charge is 2.45. The van der Waals surface area contributed by atoms with Crippen molar-refractivity contribution in [3.8, 4) is 16.9 Å². The Morgan fingerprint density at radius 3 is 2.39 bits per heavy atom. The number of rotatable bonds is 3. The monoisotopic (exact) mass is 426 g/mol. The van der Waals surface area contributed by atoms with Crippen molar-refractivity contribution in [1.29, 1.82) is 0 Å². The van der Waals surface area contributed by atoms with E-state index >= 15 is 0 Å². The van der Waals surface area contributed by atoms with E-state index in [4.69, 9.17) is 29.9 Å². The molecule has 0 radical (unpaired) electrons. The van der Waals surface area contributed by atoms with E-state index in [0.717, 1.165) is 47.1 Å². The van der Waals surface area contributed by atoms with Crippen LogP contribution in [0.3, 0.4) is 0 Å². The molecular weight excluding hydrogens is 396 g/mol. The second-order valence-electron chi connectivity index (χ2n) is 9.15. The number of morpholine rings is 1. The summed E-state index contributed by atoms with van der Waals surface area (Å²) in [6.45, 7) is 13.0. The summed E-state index contributed by atoms with van der Waals surface area (Å²) in [6, 6.07) is 5.86. The molecule has 1 amide bonds. The van der Waals surface area contributed by atoms with Crippen LogP contribution in [-0.4, -0.2) is 48.5 Å². The van der Waals surface area contributed by atoms with Gasteiger partial charge in [0, 0.05) is 35.2 Å². The summed E-state index contributed by atoms with van der Waals surface area (Å²) in [5.74, 6) is 1.42. The highest BCUT2D eigenvalue weighted by molar-refractivity contribution is 5.77. The molecule has 2 N–H and O–H groups in total. The van der Waals surface area contributed by atoms with Gasteiger partial charge in [0.2, 0.25) is 5.95 Å². The van der Waals surface area contributed by atoms with Crippen molar-refractivity contribution in [2.75, 3.05) is 31.2 Å². The number of nitrogens with zero attached hydrogens (tertiary/aromatic N) is 3. The normalized spacial score (nSPS) is 20.9. The molecule has 0 saturated carbocycles. The molecule has 2 aliphatic rings. The number of hydrogen-bond acceptors (Lipinski definition) is 7. The minimum Gasteiger partial charge on any atom is -0.485 e. The summed E-state index contributed by atoms with van der Waals surface area (Å²) in [5.41, 5.74) is 9.49. The number of carbonyl (C=O) groups excluding carboxylic acids is 1. The van der Waals surface area contributed by atoms with Crippen LogP contribution in [0.4, 0.5) is 10.7 Å². The predicted octanol–water partition coefficient (Wildman–Crippen LogP) is 3.54. The summed E-state index contributed by atoms with van der Waals surface area (Å²) >= 11 is 0. The van der Waals surface area contributed by atoms with Gasteiger partial charge in [-0.15, -0.1) is 0 Å². The molecule has 1 fully saturated rings. The molecule has 166 valence electrons. The summed E-state index contributed by atoms with van der Waals surface area (Å²) in [6.07, 6.45) is -1.74. The molecule has 31 heavy (non-hydrogen) atoms. The molecular formula is C23H30N4O4. The lowest BCUT2D eigenvalue weighted by molar-refractivity contribution is -0.0103. The highest BCUT2D eigenvalue weighted by atomic mass is 16.6. The number of fused-ring (bicyclic) bond motifs is 1. The number of benzene rings is 1. The first-order valence-corrected chi connectivity index (χ1v) is 10.6. The van der Waals surface area contributed by atoms with Crippen molar-refractivity contribution in [2.24, 2.45) is 11.1 Å². The van der Waals surface area contributed by atoms with Gasteiger partial charge < -0.3 is 24.8 Å². The fourth-order valence-electron chi connectivity index (χ4n) is 4.33. The lowest BCUT2D eigenvalue weighted by atomic mass is 9.84. The molecule has 8 nitrogen and oxygen atoms in total. The molecule has 4 rings (SSSR count). The molecule has 0 bridgehead atoms. The van der Waals surface area contributed by atoms with Crippen molar-refractivity contribution in [2.45, 2.75) is 46.8 Å². The number of amides is 1. The zero-order valence-electron chi connectivity index (χ0n) is 18.8. The molecule has 1 saturated heterocycles. The number of nitrogens with two attached hydrogens (primary N) is 1. The third-order valence-corrected chi connectivity index (χ3v) is 5.79. The van der Waals surface area contributed by atoms with Crippen LogP contribution in [0.15, 0.2) is 18.2 Å². The zero-order valence-corrected chi connectivity index (χ0v) is 18.8. The van der Waals surface area contributed by atoms with Crippen LogP contribution >= 0.6 is 0 Å². The number of para-hydroxylation sites is 1. The average Bonchev–Trinajstić information content (AvgIpc) is 3.07. The lowest BCUT2D eigenvalue weighted by Gasteiger charge is -2.30. The fraction of sp³-hybridized carbons (Fsp3) is 0.522. The molecule has 3 heterocycles. The number of carbonyl (C=O) groups is 1. The van der Waals surface area contributed by atoms with Crippen LogP contribution in [0.25, 0.3) is 11.1 Å². The molecule has 2 aromatic rings. The molecule has 2 aliphatic heterocycles. The number of ether oxygens (including phenoxy) is 3. The summed E-state index contributed by atoms with van der Waals surface area (Å²) in [5, 5.41) is 0. The Bertz CT molecular complexity index is 973. The van der Waals surface area contributed by atoms with Gasteiger partial charge in [0.1, 0.15) is 11.9 Å². The molecule has 0 spiro atoms. The average molecular weight is 427 g/mol. The van der Waals surface area contributed by atoms with Crippen LogP contribution < -0.4 is 15.4 Å². The van der Waals surface area contributed by atoms with E-state index in [-0.39, 0.29) is 11.5 Å². The Morgan fingerprint density at radius 1 is 1.16 bits per heavy atom. The number of hydrogen-bond donors (Lipinski definition) is 1. The summed E-state index contributed by atoms with van der Waals surface area (Å²) in [4.78, 5) is 23.3. The number of aryl methyl sites for hydroxylation is 2. The predicted molar refractivity (Wildman–Crippen MR) is 117 cm³/mol. The van der Waals surface area contributed by atoms with E-state index in [2.05, 4.69) is 25.7 Å². The Balaban J connectivity index is 1.78. The van der Waals surface area contributed by atoms with Gasteiger partial charge >= 0.3 is 6.09 Å². The van der Waals surface area contributed by atoms with Crippen molar-refractivity contribution in [3.63, 3.8) is 0 Å². The van der Waals surface area contributed by atoms with E-state index in [1.54, 1.807) is 0 Å². The topological polar surface area (TPSA) is 99.8 Å². The minimum absolute atomic E-state index is 0.267. The quantitative estimate of drug-likeness (QED) is 0.801. The van der Waals surface area contributed by atoms with Crippen molar-refractivity contribution in [3.05, 3.63) is 35.2 Å². The first-order chi connectivity index (χ1) is 14.7. The van der Waals surface area contributed by atoms with Gasteiger partial charge in [-0.1, -0.05) is 39.0 Å². The van der Waals surface area contributed by atoms with Crippen molar-refractivity contribution in [1.82, 2.24) is 9.97 Å². The van der Waals surface area contributed by atoms with Gasteiger partial charge in [-0.05, 0) is 13.8 Å². The van der Waals surface area contributed by atoms with E-state index in [1.807, 2.05) is 32.0 Å². The van der Waals surface area contributed by atoms with Crippen LogP contribution in [0, 0.1) is 19.3 Å². The molecule has 8 heteroatoms. The maximum absolute atomic E-state index is 11.6. The Kier molecular flexibility index (Phi) is 5.51. The largest absolute Gasteiger partial charge is 0.485 e. The molecule has 1 aromatic carbocycles. The lowest BCUT2D eigenvalue weighted by Crippen LogP contribution is -2.37. The molecule has 0 aliphatic carbocycles. The van der Waals surface area contributed by atoms with Crippen molar-refractivity contribution >= 4 is 12.0 Å². The zero-order chi connectivity index (χ0) is 22.3.